The fourth-order valence-electron chi connectivity index (χ4n) is 4.15. The number of rotatable bonds is 0. The highest BCUT2D eigenvalue weighted by atomic mass is 32.2. The fraction of sp³-hybridized carbons (Fsp3) is 0.368. The first-order chi connectivity index (χ1) is 12.2. The van der Waals surface area contributed by atoms with Crippen molar-refractivity contribution in [2.45, 2.75) is 45.6 Å². The molecule has 0 spiro atoms. The van der Waals surface area contributed by atoms with E-state index in [4.69, 9.17) is 0 Å². The van der Waals surface area contributed by atoms with Crippen molar-refractivity contribution in [3.05, 3.63) is 34.2 Å². The van der Waals surface area contributed by atoms with Gasteiger partial charge in [0.05, 0.1) is 16.2 Å². The highest BCUT2D eigenvalue weighted by Crippen LogP contribution is 2.53. The molecule has 7 heteroatoms. The van der Waals surface area contributed by atoms with Crippen molar-refractivity contribution in [2.75, 3.05) is 4.90 Å². The van der Waals surface area contributed by atoms with Gasteiger partial charge in [0, 0.05) is 18.0 Å². The molecule has 1 unspecified atom stereocenters. The molecule has 134 valence electrons. The summed E-state index contributed by atoms with van der Waals surface area (Å²) < 4.78 is 0. The Hall–Kier alpha value is -2.41. The number of anilines is 1. The largest absolute Gasteiger partial charge is 0.305 e. The molecule has 1 N–H and O–H groups in total. The molecule has 26 heavy (non-hydrogen) atoms. The lowest BCUT2D eigenvalue weighted by Gasteiger charge is -2.43. The maximum absolute atomic E-state index is 13.3. The van der Waals surface area contributed by atoms with E-state index < -0.39 is 5.91 Å². The molecule has 4 rings (SSSR count). The van der Waals surface area contributed by atoms with E-state index in [1.54, 1.807) is 0 Å². The molecule has 0 radical (unpaired) electrons. The Morgan fingerprint density at radius 1 is 1.35 bits per heavy atom. The van der Waals surface area contributed by atoms with Crippen molar-refractivity contribution in [3.8, 4) is 0 Å². The average Bonchev–Trinajstić information content (AvgIpc) is 3.01. The quantitative estimate of drug-likeness (QED) is 0.713. The zero-order chi connectivity index (χ0) is 18.8. The van der Waals surface area contributed by atoms with Crippen molar-refractivity contribution < 1.29 is 14.4 Å². The predicted octanol–water partition coefficient (Wildman–Crippen LogP) is 2.80. The third kappa shape index (κ3) is 2.34. The Kier molecular flexibility index (Phi) is 3.63. The molecule has 3 amide bonds. The van der Waals surface area contributed by atoms with Crippen LogP contribution in [0.4, 0.5) is 5.69 Å². The van der Waals surface area contributed by atoms with Gasteiger partial charge in [-0.25, -0.2) is 0 Å². The smallest absolute Gasteiger partial charge is 0.287 e. The molecule has 3 aliphatic heterocycles. The van der Waals surface area contributed by atoms with Crippen LogP contribution in [0.15, 0.2) is 28.1 Å². The number of amidine groups is 1. The van der Waals surface area contributed by atoms with E-state index in [9.17, 15) is 14.4 Å². The second-order valence-electron chi connectivity index (χ2n) is 7.51. The van der Waals surface area contributed by atoms with Gasteiger partial charge in [0.1, 0.15) is 0 Å². The van der Waals surface area contributed by atoms with E-state index in [-0.39, 0.29) is 27.4 Å². The number of amides is 3. The van der Waals surface area contributed by atoms with Gasteiger partial charge in [-0.2, -0.15) is 4.99 Å². The zero-order valence-electron chi connectivity index (χ0n) is 15.0. The highest BCUT2D eigenvalue weighted by molar-refractivity contribution is 8.18. The number of aliphatic imine (C=N–C) groups is 1. The van der Waals surface area contributed by atoms with Crippen molar-refractivity contribution in [1.29, 1.82) is 0 Å². The molecule has 1 aromatic rings. The highest BCUT2D eigenvalue weighted by Gasteiger charge is 2.49. The number of carbonyl (C=O) groups is 3. The van der Waals surface area contributed by atoms with Crippen molar-refractivity contribution in [1.82, 2.24) is 5.32 Å². The van der Waals surface area contributed by atoms with Gasteiger partial charge < -0.3 is 10.2 Å². The van der Waals surface area contributed by atoms with Gasteiger partial charge in [0.25, 0.3) is 11.8 Å². The molecule has 0 bridgehead atoms. The van der Waals surface area contributed by atoms with Gasteiger partial charge in [0.15, 0.2) is 5.17 Å². The normalized spacial score (nSPS) is 26.1. The molecule has 1 aromatic carbocycles. The summed E-state index contributed by atoms with van der Waals surface area (Å²) in [6.45, 7) is 7.63. The minimum absolute atomic E-state index is 0.167. The number of hydrogen-bond acceptors (Lipinski definition) is 4. The van der Waals surface area contributed by atoms with E-state index in [0.717, 1.165) is 35.0 Å². The number of carbonyl (C=O) groups excluding carboxylic acids is 3. The maximum Gasteiger partial charge on any atom is 0.287 e. The van der Waals surface area contributed by atoms with E-state index in [1.165, 1.54) is 6.92 Å². The van der Waals surface area contributed by atoms with Crippen LogP contribution < -0.4 is 10.2 Å². The van der Waals surface area contributed by atoms with E-state index in [2.05, 4.69) is 37.1 Å². The summed E-state index contributed by atoms with van der Waals surface area (Å²) >= 11 is 1.05. The molecule has 0 aliphatic carbocycles. The molecule has 0 saturated carbocycles. The lowest BCUT2D eigenvalue weighted by molar-refractivity contribution is -0.117. The Balaban J connectivity index is 1.89. The summed E-state index contributed by atoms with van der Waals surface area (Å²) in [5, 5.41) is 2.75. The lowest BCUT2D eigenvalue weighted by atomic mass is 9.80. The Morgan fingerprint density at radius 2 is 2.08 bits per heavy atom. The number of para-hydroxylation sites is 1. The van der Waals surface area contributed by atoms with Gasteiger partial charge in [-0.3, -0.25) is 14.4 Å². The second-order valence-corrected chi connectivity index (χ2v) is 8.51. The number of benzene rings is 1. The van der Waals surface area contributed by atoms with Gasteiger partial charge in [-0.1, -0.05) is 25.1 Å². The summed E-state index contributed by atoms with van der Waals surface area (Å²) in [4.78, 5) is 43.0. The van der Waals surface area contributed by atoms with E-state index >= 15 is 0 Å². The Labute approximate surface area is 155 Å². The lowest BCUT2D eigenvalue weighted by Crippen LogP contribution is -2.49. The topological polar surface area (TPSA) is 78.8 Å². The number of nitrogens with zero attached hydrogens (tertiary/aromatic N) is 2. The third-order valence-corrected chi connectivity index (χ3v) is 5.99. The maximum atomic E-state index is 13.3. The van der Waals surface area contributed by atoms with Crippen LogP contribution in [-0.2, 0) is 14.4 Å². The molecule has 0 saturated heterocycles. The standard InChI is InChI=1S/C19H19N3O3S/c1-9-8-19(3,4)22-14-11(9)6-5-7-12(14)13(17(22)25)15-16(24)21-18(26-15)20-10(2)23/h5-7,9H,8H2,1-4H3,(H,20,21,23,24)/b15-13-. The van der Waals surface area contributed by atoms with Crippen LogP contribution in [0.2, 0.25) is 0 Å². The molecular formula is C19H19N3O3S. The van der Waals surface area contributed by atoms with Gasteiger partial charge in [-0.15, -0.1) is 0 Å². The minimum Gasteiger partial charge on any atom is -0.305 e. The van der Waals surface area contributed by atoms with Crippen LogP contribution in [0, 0.1) is 0 Å². The van der Waals surface area contributed by atoms with E-state index in [0.29, 0.717) is 11.5 Å². The Morgan fingerprint density at radius 3 is 2.77 bits per heavy atom. The number of hydrogen-bond donors (Lipinski definition) is 1. The van der Waals surface area contributed by atoms with Crippen molar-refractivity contribution in [3.63, 3.8) is 0 Å². The first-order valence-electron chi connectivity index (χ1n) is 8.51. The van der Waals surface area contributed by atoms with Crippen molar-refractivity contribution >= 4 is 45.9 Å². The summed E-state index contributed by atoms with van der Waals surface area (Å²) in [6.07, 6.45) is 0.854. The van der Waals surface area contributed by atoms with Crippen LogP contribution >= 0.6 is 11.8 Å². The molecule has 3 aliphatic rings. The minimum atomic E-state index is -0.481. The molecule has 3 heterocycles. The summed E-state index contributed by atoms with van der Waals surface area (Å²) in [6, 6.07) is 5.87. The second kappa shape index (κ2) is 5.54. The SMILES string of the molecule is CC(=O)NC1=NC(=O)/C(=C2/C(=O)N3c4c2cccc4C(C)CC3(C)C)S1. The fourth-order valence-corrected chi connectivity index (χ4v) is 5.10. The molecule has 6 nitrogen and oxygen atoms in total. The number of nitrogens with one attached hydrogen (secondary N) is 1. The molecular weight excluding hydrogens is 350 g/mol. The average molecular weight is 369 g/mol. The van der Waals surface area contributed by atoms with Crippen LogP contribution in [0.5, 0.6) is 0 Å². The van der Waals surface area contributed by atoms with Crippen LogP contribution in [0.1, 0.15) is 51.2 Å². The summed E-state index contributed by atoms with van der Waals surface area (Å²) in [5.41, 5.74) is 2.87. The summed E-state index contributed by atoms with van der Waals surface area (Å²) in [7, 11) is 0. The third-order valence-electron chi connectivity index (χ3n) is 5.03. The predicted molar refractivity (Wildman–Crippen MR) is 102 cm³/mol. The molecule has 1 atom stereocenters. The van der Waals surface area contributed by atoms with Gasteiger partial charge in [0.2, 0.25) is 5.91 Å². The molecule has 0 aromatic heterocycles. The zero-order valence-corrected chi connectivity index (χ0v) is 15.9. The van der Waals surface area contributed by atoms with Crippen molar-refractivity contribution in [2.24, 2.45) is 4.99 Å². The van der Waals surface area contributed by atoms with Crippen LogP contribution in [0.25, 0.3) is 5.57 Å². The van der Waals surface area contributed by atoms with E-state index in [1.807, 2.05) is 17.0 Å². The first-order valence-corrected chi connectivity index (χ1v) is 9.33. The monoisotopic (exact) mass is 369 g/mol. The van der Waals surface area contributed by atoms with Crippen LogP contribution in [0.3, 0.4) is 0 Å². The first kappa shape index (κ1) is 17.0. The Bertz CT molecular complexity index is 945. The van der Waals surface area contributed by atoms with Gasteiger partial charge in [-0.05, 0) is 43.5 Å². The number of thioether (sulfide) groups is 1. The van der Waals surface area contributed by atoms with Gasteiger partial charge >= 0.3 is 0 Å². The molecule has 0 fully saturated rings. The summed E-state index contributed by atoms with van der Waals surface area (Å²) in [5.74, 6) is -0.624. The van der Waals surface area contributed by atoms with Crippen LogP contribution in [-0.4, -0.2) is 28.4 Å².